The maximum atomic E-state index is 13.3. The molecular weight excluding hydrogens is 482 g/mol. The van der Waals surface area contributed by atoms with Crippen LogP contribution in [0.3, 0.4) is 0 Å². The second kappa shape index (κ2) is 9.77. The minimum absolute atomic E-state index is 0.167. The van der Waals surface area contributed by atoms with Crippen molar-refractivity contribution in [3.05, 3.63) is 65.2 Å². The summed E-state index contributed by atoms with van der Waals surface area (Å²) in [6.07, 6.45) is -3.63. The lowest BCUT2D eigenvalue weighted by molar-refractivity contribution is -0.137. The van der Waals surface area contributed by atoms with E-state index >= 15 is 0 Å². The molecule has 1 aliphatic rings. The van der Waals surface area contributed by atoms with Gasteiger partial charge in [-0.05, 0) is 59.9 Å². The van der Waals surface area contributed by atoms with Crippen molar-refractivity contribution >= 4 is 15.7 Å². The number of rotatable bonds is 7. The van der Waals surface area contributed by atoms with E-state index in [9.17, 15) is 34.8 Å². The lowest BCUT2D eigenvalue weighted by Gasteiger charge is -2.40. The zero-order valence-electron chi connectivity index (χ0n) is 18.5. The first-order valence-electron chi connectivity index (χ1n) is 10.8. The molecule has 2 aromatic carbocycles. The molecule has 0 bridgehead atoms. The Hall–Kier alpha value is -2.27. The minimum atomic E-state index is -5.43. The molecule has 2 aromatic rings. The summed E-state index contributed by atoms with van der Waals surface area (Å²) in [5.74, 6) is -0.855. The smallest absolute Gasteiger partial charge is 0.378 e. The number of hydrogen-bond acceptors (Lipinski definition) is 3. The highest BCUT2D eigenvalue weighted by Crippen LogP contribution is 2.48. The van der Waals surface area contributed by atoms with Crippen LogP contribution in [0.4, 0.5) is 32.0 Å². The van der Waals surface area contributed by atoms with Crippen LogP contribution in [-0.4, -0.2) is 20.5 Å². The van der Waals surface area contributed by atoms with Crippen molar-refractivity contribution in [2.45, 2.75) is 50.3 Å². The van der Waals surface area contributed by atoms with Crippen LogP contribution in [0.5, 0.6) is 0 Å². The molecule has 0 aliphatic carbocycles. The number of halogens is 6. The van der Waals surface area contributed by atoms with Crippen molar-refractivity contribution in [2.24, 2.45) is 11.8 Å². The first-order valence-corrected chi connectivity index (χ1v) is 12.3. The Balaban J connectivity index is 1.81. The van der Waals surface area contributed by atoms with Gasteiger partial charge in [0.25, 0.3) is 0 Å². The first-order chi connectivity index (χ1) is 15.7. The van der Waals surface area contributed by atoms with Gasteiger partial charge in [0.05, 0.1) is 11.6 Å². The van der Waals surface area contributed by atoms with Gasteiger partial charge >= 0.3 is 21.7 Å². The summed E-state index contributed by atoms with van der Waals surface area (Å²) in [6.45, 7) is 3.09. The van der Waals surface area contributed by atoms with E-state index in [1.54, 1.807) is 11.6 Å². The van der Waals surface area contributed by atoms with Crippen molar-refractivity contribution in [1.82, 2.24) is 4.72 Å². The van der Waals surface area contributed by atoms with Crippen LogP contribution in [0, 0.1) is 11.8 Å². The molecule has 11 heteroatoms. The van der Waals surface area contributed by atoms with E-state index in [2.05, 4.69) is 5.32 Å². The van der Waals surface area contributed by atoms with Gasteiger partial charge in [-0.15, -0.1) is 0 Å². The normalized spacial score (nSPS) is 22.1. The predicted octanol–water partition coefficient (Wildman–Crippen LogP) is 6.45. The van der Waals surface area contributed by atoms with Crippen molar-refractivity contribution in [2.75, 3.05) is 11.9 Å². The fraction of sp³-hybridized carbons (Fsp3) is 0.478. The van der Waals surface area contributed by atoms with Crippen LogP contribution in [0.1, 0.15) is 55.3 Å². The summed E-state index contributed by atoms with van der Waals surface area (Å²) in [5, 5.41) is 3.34. The van der Waals surface area contributed by atoms with Crippen LogP contribution >= 0.6 is 0 Å². The molecule has 34 heavy (non-hydrogen) atoms. The quantitative estimate of drug-likeness (QED) is 0.423. The van der Waals surface area contributed by atoms with Crippen molar-refractivity contribution in [1.29, 1.82) is 0 Å². The highest BCUT2D eigenvalue weighted by Gasteiger charge is 2.45. The third-order valence-corrected chi connectivity index (χ3v) is 7.48. The standard InChI is InChI=1S/C23H26F6N2O2S/c1-14(13-30-34(32,33)23(27,28)29)8-10-18-15(2)19-12-17(22(24,25)26)9-11-20(19)31-21(18)16-6-4-3-5-7-16/h3-7,9,11-12,14-15,18,21,30-31H,8,10,13H2,1-2H3/t14-,15+,18-,21+/m1/s1. The van der Waals surface area contributed by atoms with Gasteiger partial charge in [0.15, 0.2) is 0 Å². The summed E-state index contributed by atoms with van der Waals surface area (Å²) in [5.41, 5.74) is -4.05. The number of hydrogen-bond donors (Lipinski definition) is 2. The van der Waals surface area contributed by atoms with E-state index in [0.29, 0.717) is 24.1 Å². The molecule has 4 nitrogen and oxygen atoms in total. The Morgan fingerprint density at radius 3 is 2.26 bits per heavy atom. The predicted molar refractivity (Wildman–Crippen MR) is 118 cm³/mol. The Bertz CT molecular complexity index is 1090. The summed E-state index contributed by atoms with van der Waals surface area (Å²) < 4.78 is 102. The lowest BCUT2D eigenvalue weighted by atomic mass is 9.73. The molecule has 0 radical (unpaired) electrons. The van der Waals surface area contributed by atoms with Crippen LogP contribution in [0.25, 0.3) is 0 Å². The molecule has 0 spiro atoms. The summed E-state index contributed by atoms with van der Waals surface area (Å²) in [6, 6.07) is 12.8. The Kier molecular flexibility index (Phi) is 7.57. The average molecular weight is 509 g/mol. The number of alkyl halides is 6. The van der Waals surface area contributed by atoms with Crippen LogP contribution in [0.2, 0.25) is 0 Å². The third kappa shape index (κ3) is 5.86. The summed E-state index contributed by atoms with van der Waals surface area (Å²) in [7, 11) is -5.43. The number of sulfonamides is 1. The summed E-state index contributed by atoms with van der Waals surface area (Å²) in [4.78, 5) is 0. The zero-order valence-corrected chi connectivity index (χ0v) is 19.4. The third-order valence-electron chi connectivity index (χ3n) is 6.33. The van der Waals surface area contributed by atoms with E-state index in [-0.39, 0.29) is 24.4 Å². The molecule has 0 saturated heterocycles. The fourth-order valence-corrected chi connectivity index (χ4v) is 5.03. The van der Waals surface area contributed by atoms with Crippen molar-refractivity contribution < 1.29 is 34.8 Å². The molecule has 3 rings (SSSR count). The van der Waals surface area contributed by atoms with Gasteiger partial charge in [-0.3, -0.25) is 0 Å². The molecule has 2 N–H and O–H groups in total. The van der Waals surface area contributed by atoms with Gasteiger partial charge in [-0.2, -0.15) is 26.3 Å². The number of benzene rings is 2. The van der Waals surface area contributed by atoms with Crippen LogP contribution < -0.4 is 10.0 Å². The summed E-state index contributed by atoms with van der Waals surface area (Å²) >= 11 is 0. The molecule has 0 saturated carbocycles. The number of nitrogens with one attached hydrogen (secondary N) is 2. The monoisotopic (exact) mass is 508 g/mol. The molecule has 1 heterocycles. The molecular formula is C23H26F6N2O2S. The minimum Gasteiger partial charge on any atom is -0.378 e. The first kappa shape index (κ1) is 26.3. The topological polar surface area (TPSA) is 58.2 Å². The van der Waals surface area contributed by atoms with Gasteiger partial charge in [-0.25, -0.2) is 13.1 Å². The van der Waals surface area contributed by atoms with Gasteiger partial charge in [0.1, 0.15) is 0 Å². The van der Waals surface area contributed by atoms with Gasteiger partial charge in [0, 0.05) is 12.2 Å². The second-order valence-corrected chi connectivity index (χ2v) is 10.5. The molecule has 0 fully saturated rings. The maximum absolute atomic E-state index is 13.3. The van der Waals surface area contributed by atoms with Crippen molar-refractivity contribution in [3.8, 4) is 0 Å². The molecule has 4 atom stereocenters. The molecule has 188 valence electrons. The highest BCUT2D eigenvalue weighted by molar-refractivity contribution is 7.90. The second-order valence-electron chi connectivity index (χ2n) is 8.77. The highest BCUT2D eigenvalue weighted by atomic mass is 32.2. The Labute approximate surface area is 194 Å². The lowest BCUT2D eigenvalue weighted by Crippen LogP contribution is -2.38. The van der Waals surface area contributed by atoms with E-state index < -0.39 is 33.2 Å². The Morgan fingerprint density at radius 2 is 1.68 bits per heavy atom. The molecule has 0 unspecified atom stereocenters. The van der Waals surface area contributed by atoms with E-state index in [1.807, 2.05) is 37.3 Å². The maximum Gasteiger partial charge on any atom is 0.511 e. The van der Waals surface area contributed by atoms with Crippen LogP contribution in [-0.2, 0) is 16.2 Å². The van der Waals surface area contributed by atoms with Gasteiger partial charge in [-0.1, -0.05) is 44.2 Å². The average Bonchev–Trinajstić information content (AvgIpc) is 2.76. The fourth-order valence-electron chi connectivity index (χ4n) is 4.36. The zero-order chi connectivity index (χ0) is 25.3. The molecule has 0 aromatic heterocycles. The number of anilines is 1. The molecule has 1 aliphatic heterocycles. The SMILES string of the molecule is C[C@H](CC[C@@H]1[C@H](C)c2cc(C(F)(F)F)ccc2N[C@H]1c1ccccc1)CNS(=O)(=O)C(F)(F)F. The van der Waals surface area contributed by atoms with E-state index in [4.69, 9.17) is 0 Å². The van der Waals surface area contributed by atoms with Crippen LogP contribution in [0.15, 0.2) is 48.5 Å². The Morgan fingerprint density at radius 1 is 1.03 bits per heavy atom. The van der Waals surface area contributed by atoms with Gasteiger partial charge < -0.3 is 5.32 Å². The van der Waals surface area contributed by atoms with Crippen molar-refractivity contribution in [3.63, 3.8) is 0 Å². The molecule has 0 amide bonds. The van der Waals surface area contributed by atoms with E-state index in [0.717, 1.165) is 17.7 Å². The van der Waals surface area contributed by atoms with E-state index in [1.165, 1.54) is 6.07 Å². The number of fused-ring (bicyclic) bond motifs is 1. The largest absolute Gasteiger partial charge is 0.511 e. The van der Waals surface area contributed by atoms with Gasteiger partial charge in [0.2, 0.25) is 0 Å².